The van der Waals surface area contributed by atoms with E-state index in [-0.39, 0.29) is 5.56 Å². The van der Waals surface area contributed by atoms with Crippen molar-refractivity contribution in [1.82, 2.24) is 9.55 Å². The molecule has 2 aromatic carbocycles. The molecule has 0 atom stereocenters. The molecule has 0 radical (unpaired) electrons. The summed E-state index contributed by atoms with van der Waals surface area (Å²) in [6, 6.07) is 11.6. The van der Waals surface area contributed by atoms with Gasteiger partial charge in [0, 0.05) is 25.4 Å². The molecule has 1 aromatic heterocycles. The molecule has 7 heteroatoms. The number of carboxylic acids is 1. The zero-order valence-electron chi connectivity index (χ0n) is 13.6. The normalized spacial score (nSPS) is 11.5. The fraction of sp³-hybridized carbons (Fsp3) is 0.158. The van der Waals surface area contributed by atoms with Crippen LogP contribution < -0.4 is 0 Å². The highest BCUT2D eigenvalue weighted by molar-refractivity contribution is 5.87. The quantitative estimate of drug-likeness (QED) is 0.740. The van der Waals surface area contributed by atoms with Gasteiger partial charge in [0.25, 0.3) is 0 Å². The number of aromatic carboxylic acids is 1. The van der Waals surface area contributed by atoms with Gasteiger partial charge in [-0.2, -0.15) is 13.2 Å². The molecule has 0 unspecified atom stereocenters. The van der Waals surface area contributed by atoms with E-state index in [4.69, 9.17) is 5.11 Å². The number of nitrogens with zero attached hydrogens (tertiary/aromatic N) is 2. The van der Waals surface area contributed by atoms with Gasteiger partial charge in [0.05, 0.1) is 11.1 Å². The smallest absolute Gasteiger partial charge is 0.416 e. The van der Waals surface area contributed by atoms with E-state index >= 15 is 0 Å². The summed E-state index contributed by atoms with van der Waals surface area (Å²) in [5.41, 5.74) is 1.03. The average molecular weight is 360 g/mol. The van der Waals surface area contributed by atoms with Crippen LogP contribution in [0.4, 0.5) is 13.2 Å². The Morgan fingerprint density at radius 3 is 2.46 bits per heavy atom. The van der Waals surface area contributed by atoms with Crippen molar-refractivity contribution in [3.8, 4) is 0 Å². The first-order chi connectivity index (χ1) is 12.3. The zero-order chi connectivity index (χ0) is 18.7. The highest BCUT2D eigenvalue weighted by Gasteiger charge is 2.29. The van der Waals surface area contributed by atoms with E-state index < -0.39 is 17.7 Å². The van der Waals surface area contributed by atoms with E-state index in [9.17, 15) is 18.0 Å². The Balaban J connectivity index is 1.77. The van der Waals surface area contributed by atoms with Gasteiger partial charge >= 0.3 is 12.1 Å². The number of hydrogen-bond acceptors (Lipinski definition) is 2. The number of halogens is 3. The fourth-order valence-electron chi connectivity index (χ4n) is 2.64. The third-order valence-electron chi connectivity index (χ3n) is 3.97. The van der Waals surface area contributed by atoms with Crippen molar-refractivity contribution >= 4 is 5.97 Å². The number of rotatable bonds is 5. The molecule has 1 N–H and O–H groups in total. The van der Waals surface area contributed by atoms with Gasteiger partial charge in [0.2, 0.25) is 0 Å². The van der Waals surface area contributed by atoms with Crippen molar-refractivity contribution in [3.05, 3.63) is 89.0 Å². The third kappa shape index (κ3) is 4.11. The Morgan fingerprint density at radius 1 is 1.08 bits per heavy atom. The number of alkyl halides is 3. The summed E-state index contributed by atoms with van der Waals surface area (Å²) in [6.45, 7) is 0.428. The lowest BCUT2D eigenvalue weighted by Gasteiger charge is -2.10. The van der Waals surface area contributed by atoms with Crippen molar-refractivity contribution < 1.29 is 23.1 Å². The van der Waals surface area contributed by atoms with E-state index in [2.05, 4.69) is 4.98 Å². The van der Waals surface area contributed by atoms with E-state index in [1.807, 2.05) is 10.6 Å². The first kappa shape index (κ1) is 17.7. The van der Waals surface area contributed by atoms with Gasteiger partial charge in [0.15, 0.2) is 0 Å². The minimum atomic E-state index is -4.36. The molecule has 0 spiro atoms. The molecule has 4 nitrogen and oxygen atoms in total. The average Bonchev–Trinajstić information content (AvgIpc) is 3.01. The predicted octanol–water partition coefficient (Wildman–Crippen LogP) is 4.24. The first-order valence-corrected chi connectivity index (χ1v) is 7.81. The van der Waals surface area contributed by atoms with Crippen LogP contribution >= 0.6 is 0 Å². The van der Waals surface area contributed by atoms with Crippen LogP contribution in [-0.4, -0.2) is 20.6 Å². The minimum Gasteiger partial charge on any atom is -0.478 e. The Kier molecular flexibility index (Phi) is 4.79. The van der Waals surface area contributed by atoms with Crippen molar-refractivity contribution in [2.24, 2.45) is 0 Å². The van der Waals surface area contributed by atoms with Crippen LogP contribution in [0, 0.1) is 0 Å². The molecule has 0 saturated heterocycles. The van der Waals surface area contributed by atoms with Crippen molar-refractivity contribution in [3.63, 3.8) is 0 Å². The number of aromatic nitrogens is 2. The van der Waals surface area contributed by atoms with Crippen LogP contribution in [-0.2, 0) is 19.1 Å². The van der Waals surface area contributed by atoms with Gasteiger partial charge in [-0.15, -0.1) is 0 Å². The first-order valence-electron chi connectivity index (χ1n) is 7.81. The molecule has 134 valence electrons. The van der Waals surface area contributed by atoms with Crippen LogP contribution in [0.25, 0.3) is 0 Å². The second-order valence-corrected chi connectivity index (χ2v) is 5.85. The van der Waals surface area contributed by atoms with Gasteiger partial charge in [-0.25, -0.2) is 9.78 Å². The summed E-state index contributed by atoms with van der Waals surface area (Å²) in [5.74, 6) is -0.312. The largest absolute Gasteiger partial charge is 0.478 e. The Hall–Kier alpha value is -3.09. The van der Waals surface area contributed by atoms with Crippen molar-refractivity contribution in [2.75, 3.05) is 0 Å². The lowest BCUT2D eigenvalue weighted by molar-refractivity contribution is -0.137. The van der Waals surface area contributed by atoms with Crippen molar-refractivity contribution in [2.45, 2.75) is 19.1 Å². The SMILES string of the molecule is O=C(O)c1cccc(Cn2ccnc2Cc2ccc(C(F)(F)F)cc2)c1. The summed E-state index contributed by atoms with van der Waals surface area (Å²) >= 11 is 0. The molecule has 3 aromatic rings. The van der Waals surface area contributed by atoms with Crippen LogP contribution in [0.3, 0.4) is 0 Å². The van der Waals surface area contributed by atoms with Crippen LogP contribution in [0.5, 0.6) is 0 Å². The zero-order valence-corrected chi connectivity index (χ0v) is 13.6. The second kappa shape index (κ2) is 7.03. The number of imidazole rings is 1. The molecule has 0 amide bonds. The van der Waals surface area contributed by atoms with E-state index in [1.165, 1.54) is 18.2 Å². The number of carboxylic acid groups (broad SMARTS) is 1. The number of benzene rings is 2. The highest BCUT2D eigenvalue weighted by Crippen LogP contribution is 2.29. The standard InChI is InChI=1S/C19H15F3N2O2/c20-19(21,22)16-6-4-13(5-7-16)11-17-23-8-9-24(17)12-14-2-1-3-15(10-14)18(25)26/h1-10H,11-12H2,(H,25,26). The maximum Gasteiger partial charge on any atom is 0.416 e. The maximum absolute atomic E-state index is 12.6. The summed E-state index contributed by atoms with van der Waals surface area (Å²) < 4.78 is 39.7. The van der Waals surface area contributed by atoms with Gasteiger partial charge in [-0.05, 0) is 35.4 Å². The summed E-state index contributed by atoms with van der Waals surface area (Å²) in [7, 11) is 0. The van der Waals surface area contributed by atoms with Crippen LogP contribution in [0.15, 0.2) is 60.9 Å². The minimum absolute atomic E-state index is 0.201. The Morgan fingerprint density at radius 2 is 1.81 bits per heavy atom. The third-order valence-corrected chi connectivity index (χ3v) is 3.97. The molecule has 0 aliphatic carbocycles. The second-order valence-electron chi connectivity index (χ2n) is 5.85. The molecule has 0 bridgehead atoms. The molecule has 0 aliphatic rings. The Labute approximate surface area is 147 Å². The highest BCUT2D eigenvalue weighted by atomic mass is 19.4. The molecular weight excluding hydrogens is 345 g/mol. The maximum atomic E-state index is 12.6. The molecule has 0 saturated carbocycles. The summed E-state index contributed by atoms with van der Waals surface area (Å²) in [5, 5.41) is 9.07. The summed E-state index contributed by atoms with van der Waals surface area (Å²) in [4.78, 5) is 15.3. The fourth-order valence-corrected chi connectivity index (χ4v) is 2.64. The summed E-state index contributed by atoms with van der Waals surface area (Å²) in [6.07, 6.45) is -0.608. The van der Waals surface area contributed by atoms with E-state index in [0.29, 0.717) is 24.4 Å². The Bertz CT molecular complexity index is 915. The lowest BCUT2D eigenvalue weighted by Crippen LogP contribution is -2.07. The number of hydrogen-bond donors (Lipinski definition) is 1. The monoisotopic (exact) mass is 360 g/mol. The molecular formula is C19H15F3N2O2. The molecule has 0 aliphatic heterocycles. The molecule has 26 heavy (non-hydrogen) atoms. The molecule has 1 heterocycles. The van der Waals surface area contributed by atoms with Gasteiger partial charge in [-0.3, -0.25) is 0 Å². The lowest BCUT2D eigenvalue weighted by atomic mass is 10.1. The topological polar surface area (TPSA) is 55.1 Å². The van der Waals surface area contributed by atoms with Gasteiger partial charge in [-0.1, -0.05) is 24.3 Å². The van der Waals surface area contributed by atoms with Crippen molar-refractivity contribution in [1.29, 1.82) is 0 Å². The molecule has 3 rings (SSSR count). The van der Waals surface area contributed by atoms with Gasteiger partial charge < -0.3 is 9.67 Å². The number of carbonyl (C=O) groups is 1. The van der Waals surface area contributed by atoms with Gasteiger partial charge in [0.1, 0.15) is 5.82 Å². The van der Waals surface area contributed by atoms with E-state index in [1.54, 1.807) is 24.5 Å². The van der Waals surface area contributed by atoms with Crippen LogP contribution in [0.2, 0.25) is 0 Å². The predicted molar refractivity (Wildman–Crippen MR) is 89.0 cm³/mol. The van der Waals surface area contributed by atoms with E-state index in [0.717, 1.165) is 17.7 Å². The van der Waals surface area contributed by atoms with Crippen LogP contribution in [0.1, 0.15) is 32.9 Å². The molecule has 0 fully saturated rings.